The first kappa shape index (κ1) is 15.2. The number of rotatable bonds is 6. The summed E-state index contributed by atoms with van der Waals surface area (Å²) < 4.78 is 0. The lowest BCUT2D eigenvalue weighted by Crippen LogP contribution is -2.22. The number of hydrogen-bond donors (Lipinski definition) is 3. The van der Waals surface area contributed by atoms with Gasteiger partial charge in [-0.15, -0.1) is 0 Å². The van der Waals surface area contributed by atoms with Crippen molar-refractivity contribution in [1.29, 1.82) is 0 Å². The summed E-state index contributed by atoms with van der Waals surface area (Å²) in [6.45, 7) is 1.71. The van der Waals surface area contributed by atoms with Crippen LogP contribution < -0.4 is 10.6 Å². The molecule has 118 valence electrons. The van der Waals surface area contributed by atoms with Crippen LogP contribution in [0.1, 0.15) is 31.8 Å². The molecule has 0 amide bonds. The molecule has 1 heterocycles. The van der Waals surface area contributed by atoms with E-state index in [0.717, 1.165) is 29.8 Å². The van der Waals surface area contributed by atoms with Gasteiger partial charge in [-0.25, -0.2) is 4.79 Å². The molecule has 5 heteroatoms. The van der Waals surface area contributed by atoms with Crippen LogP contribution in [0.2, 0.25) is 0 Å². The summed E-state index contributed by atoms with van der Waals surface area (Å²) >= 11 is 0. The number of carbonyl (C=O) groups excluding carboxylic acids is 1. The maximum atomic E-state index is 12.2. The highest BCUT2D eigenvalue weighted by atomic mass is 16.4. The number of Topliss-reactive ketones (excluding diaryl/α,β-unsaturated/α-hetero) is 1. The fourth-order valence-electron chi connectivity index (χ4n) is 2.67. The summed E-state index contributed by atoms with van der Waals surface area (Å²) in [4.78, 5) is 23.0. The Bertz CT molecular complexity index is 738. The Balaban J connectivity index is 1.54. The van der Waals surface area contributed by atoms with Crippen molar-refractivity contribution in [3.05, 3.63) is 64.7 Å². The average Bonchev–Trinajstić information content (AvgIpc) is 3.02. The number of ketones is 1. The van der Waals surface area contributed by atoms with Crippen molar-refractivity contribution in [2.75, 3.05) is 18.4 Å². The molecule has 0 bridgehead atoms. The number of carboxylic acid groups (broad SMARTS) is 1. The minimum absolute atomic E-state index is 0.0573. The maximum Gasteiger partial charge on any atom is 0.335 e. The van der Waals surface area contributed by atoms with Crippen LogP contribution in [-0.4, -0.2) is 29.9 Å². The minimum Gasteiger partial charge on any atom is -0.478 e. The van der Waals surface area contributed by atoms with Gasteiger partial charge in [0.15, 0.2) is 5.78 Å². The first-order valence-corrected chi connectivity index (χ1v) is 7.56. The van der Waals surface area contributed by atoms with Crippen molar-refractivity contribution in [1.82, 2.24) is 5.32 Å². The van der Waals surface area contributed by atoms with E-state index in [1.54, 1.807) is 24.3 Å². The Kier molecular flexibility index (Phi) is 4.39. The van der Waals surface area contributed by atoms with Gasteiger partial charge in [-0.1, -0.05) is 12.1 Å². The van der Waals surface area contributed by atoms with Crippen LogP contribution in [0, 0.1) is 0 Å². The third kappa shape index (κ3) is 3.57. The second-order valence-electron chi connectivity index (χ2n) is 5.58. The lowest BCUT2D eigenvalue weighted by molar-refractivity contribution is 0.0696. The molecular weight excluding hydrogens is 292 g/mol. The van der Waals surface area contributed by atoms with E-state index in [0.29, 0.717) is 6.54 Å². The first-order valence-electron chi connectivity index (χ1n) is 7.56. The smallest absolute Gasteiger partial charge is 0.335 e. The zero-order valence-corrected chi connectivity index (χ0v) is 12.6. The molecule has 0 fully saturated rings. The number of nitrogens with one attached hydrogen (secondary N) is 2. The van der Waals surface area contributed by atoms with Gasteiger partial charge in [0.1, 0.15) is 0 Å². The number of fused-ring (bicyclic) bond motifs is 1. The topological polar surface area (TPSA) is 78.4 Å². The molecule has 0 aliphatic carbocycles. The SMILES string of the molecule is O=C(O)c1ccc(CNCC(=O)c2ccc3c(c2)CCN3)cc1. The summed E-state index contributed by atoms with van der Waals surface area (Å²) in [5.74, 6) is -0.882. The van der Waals surface area contributed by atoms with Crippen molar-refractivity contribution in [2.24, 2.45) is 0 Å². The predicted octanol–water partition coefficient (Wildman–Crippen LogP) is 2.33. The van der Waals surface area contributed by atoms with Gasteiger partial charge in [0.2, 0.25) is 0 Å². The van der Waals surface area contributed by atoms with Gasteiger partial charge in [0, 0.05) is 24.3 Å². The second-order valence-corrected chi connectivity index (χ2v) is 5.58. The Morgan fingerprint density at radius 3 is 2.57 bits per heavy atom. The van der Waals surface area contributed by atoms with E-state index in [1.807, 2.05) is 18.2 Å². The van der Waals surface area contributed by atoms with Gasteiger partial charge in [-0.3, -0.25) is 4.79 Å². The van der Waals surface area contributed by atoms with E-state index < -0.39 is 5.97 Å². The molecule has 0 spiro atoms. The molecule has 2 aromatic rings. The van der Waals surface area contributed by atoms with Crippen molar-refractivity contribution in [3.8, 4) is 0 Å². The number of anilines is 1. The number of hydrogen-bond acceptors (Lipinski definition) is 4. The van der Waals surface area contributed by atoms with Gasteiger partial charge in [0.05, 0.1) is 12.1 Å². The molecule has 0 unspecified atom stereocenters. The van der Waals surface area contributed by atoms with Gasteiger partial charge in [-0.2, -0.15) is 0 Å². The summed E-state index contributed by atoms with van der Waals surface area (Å²) in [7, 11) is 0. The highest BCUT2D eigenvalue weighted by Gasteiger charge is 2.13. The molecule has 0 saturated heterocycles. The monoisotopic (exact) mass is 310 g/mol. The van der Waals surface area contributed by atoms with E-state index in [4.69, 9.17) is 5.11 Å². The molecule has 0 saturated carbocycles. The van der Waals surface area contributed by atoms with Crippen LogP contribution in [0.15, 0.2) is 42.5 Å². The maximum absolute atomic E-state index is 12.2. The quantitative estimate of drug-likeness (QED) is 0.714. The third-order valence-corrected chi connectivity index (χ3v) is 3.95. The third-order valence-electron chi connectivity index (χ3n) is 3.95. The van der Waals surface area contributed by atoms with Crippen LogP contribution >= 0.6 is 0 Å². The van der Waals surface area contributed by atoms with Crippen molar-refractivity contribution < 1.29 is 14.7 Å². The molecule has 0 atom stereocenters. The number of carbonyl (C=O) groups is 2. The Hall–Kier alpha value is -2.66. The van der Waals surface area contributed by atoms with Crippen molar-refractivity contribution in [2.45, 2.75) is 13.0 Å². The fraction of sp³-hybridized carbons (Fsp3) is 0.222. The average molecular weight is 310 g/mol. The summed E-state index contributed by atoms with van der Waals surface area (Å²) in [6.07, 6.45) is 0.958. The zero-order valence-electron chi connectivity index (χ0n) is 12.6. The van der Waals surface area contributed by atoms with E-state index >= 15 is 0 Å². The Labute approximate surface area is 134 Å². The number of aromatic carboxylic acids is 1. The van der Waals surface area contributed by atoms with E-state index in [9.17, 15) is 9.59 Å². The van der Waals surface area contributed by atoms with E-state index in [-0.39, 0.29) is 17.9 Å². The molecule has 0 radical (unpaired) electrons. The number of benzene rings is 2. The highest BCUT2D eigenvalue weighted by Crippen LogP contribution is 2.23. The Morgan fingerprint density at radius 2 is 1.83 bits per heavy atom. The molecule has 5 nitrogen and oxygen atoms in total. The molecule has 2 aromatic carbocycles. The molecule has 1 aliphatic rings. The minimum atomic E-state index is -0.939. The summed E-state index contributed by atoms with van der Waals surface area (Å²) in [6, 6.07) is 12.4. The largest absolute Gasteiger partial charge is 0.478 e. The molecule has 23 heavy (non-hydrogen) atoms. The van der Waals surface area contributed by atoms with E-state index in [1.165, 1.54) is 5.56 Å². The number of carboxylic acids is 1. The van der Waals surface area contributed by atoms with Crippen LogP contribution in [0.4, 0.5) is 5.69 Å². The van der Waals surface area contributed by atoms with Gasteiger partial charge < -0.3 is 15.7 Å². The highest BCUT2D eigenvalue weighted by molar-refractivity contribution is 5.98. The standard InChI is InChI=1S/C18H18N2O3/c21-17(15-5-6-16-14(9-15)7-8-20-16)11-19-10-12-1-3-13(4-2-12)18(22)23/h1-6,9,19-20H,7-8,10-11H2,(H,22,23). The summed E-state index contributed by atoms with van der Waals surface area (Å²) in [5, 5.41) is 15.2. The van der Waals surface area contributed by atoms with Gasteiger partial charge in [-0.05, 0) is 47.9 Å². The molecule has 3 rings (SSSR count). The second kappa shape index (κ2) is 6.62. The van der Waals surface area contributed by atoms with Gasteiger partial charge in [0.25, 0.3) is 0 Å². The van der Waals surface area contributed by atoms with Crippen molar-refractivity contribution >= 4 is 17.4 Å². The lowest BCUT2D eigenvalue weighted by atomic mass is 10.1. The van der Waals surface area contributed by atoms with Crippen LogP contribution in [-0.2, 0) is 13.0 Å². The lowest BCUT2D eigenvalue weighted by Gasteiger charge is -2.07. The van der Waals surface area contributed by atoms with E-state index in [2.05, 4.69) is 10.6 Å². The zero-order chi connectivity index (χ0) is 16.2. The molecule has 0 aromatic heterocycles. The van der Waals surface area contributed by atoms with Crippen LogP contribution in [0.3, 0.4) is 0 Å². The fourth-order valence-corrected chi connectivity index (χ4v) is 2.67. The Morgan fingerprint density at radius 1 is 1.09 bits per heavy atom. The van der Waals surface area contributed by atoms with Crippen molar-refractivity contribution in [3.63, 3.8) is 0 Å². The van der Waals surface area contributed by atoms with Gasteiger partial charge >= 0.3 is 5.97 Å². The first-order chi connectivity index (χ1) is 11.1. The summed E-state index contributed by atoms with van der Waals surface area (Å²) in [5.41, 5.74) is 4.24. The predicted molar refractivity (Wildman–Crippen MR) is 88.1 cm³/mol. The normalized spacial score (nSPS) is 12.5. The molecular formula is C18H18N2O3. The van der Waals surface area contributed by atoms with Crippen LogP contribution in [0.5, 0.6) is 0 Å². The molecule has 3 N–H and O–H groups in total. The van der Waals surface area contributed by atoms with Crippen LogP contribution in [0.25, 0.3) is 0 Å². The molecule has 1 aliphatic heterocycles.